The number of anilines is 2. The van der Waals surface area contributed by atoms with Gasteiger partial charge in [0.15, 0.2) is 0 Å². The van der Waals surface area contributed by atoms with Gasteiger partial charge in [0.1, 0.15) is 11.5 Å². The molecule has 1 aliphatic rings. The lowest BCUT2D eigenvalue weighted by Gasteiger charge is -2.27. The largest absolute Gasteiger partial charge is 0.507 e. The molecule has 35 heavy (non-hydrogen) atoms. The Kier molecular flexibility index (Phi) is 6.92. The lowest BCUT2D eigenvalue weighted by atomic mass is 9.92. The van der Waals surface area contributed by atoms with E-state index < -0.39 is 17.7 Å². The Balaban J connectivity index is 1.89. The fourth-order valence-corrected chi connectivity index (χ4v) is 4.63. The van der Waals surface area contributed by atoms with Crippen molar-refractivity contribution in [3.05, 3.63) is 95.1 Å². The van der Waals surface area contributed by atoms with Crippen molar-refractivity contribution in [3.63, 3.8) is 0 Å². The van der Waals surface area contributed by atoms with Gasteiger partial charge in [0.2, 0.25) is 0 Å². The van der Waals surface area contributed by atoms with E-state index in [0.717, 1.165) is 29.9 Å². The van der Waals surface area contributed by atoms with Crippen molar-refractivity contribution in [2.24, 2.45) is 0 Å². The molecule has 0 aromatic heterocycles. The van der Waals surface area contributed by atoms with Crippen molar-refractivity contribution < 1.29 is 19.4 Å². The SMILES string of the molecule is CCN(CC)c1ccc(N2C(=O)C(=O)/C(=C(/O)c3cccc(OC)c3)C2c2ccccc2C)cc1. The van der Waals surface area contributed by atoms with E-state index in [0.29, 0.717) is 17.0 Å². The monoisotopic (exact) mass is 470 g/mol. The van der Waals surface area contributed by atoms with Crippen LogP contribution in [0.1, 0.15) is 36.6 Å². The predicted molar refractivity (Wildman–Crippen MR) is 139 cm³/mol. The van der Waals surface area contributed by atoms with Crippen molar-refractivity contribution in [2.75, 3.05) is 30.0 Å². The van der Waals surface area contributed by atoms with Gasteiger partial charge in [-0.1, -0.05) is 36.4 Å². The zero-order valence-electron chi connectivity index (χ0n) is 20.5. The van der Waals surface area contributed by atoms with Crippen LogP contribution in [-0.4, -0.2) is 37.0 Å². The van der Waals surface area contributed by atoms with Crippen LogP contribution in [-0.2, 0) is 9.59 Å². The molecule has 1 unspecified atom stereocenters. The zero-order chi connectivity index (χ0) is 25.1. The number of rotatable bonds is 7. The van der Waals surface area contributed by atoms with E-state index in [-0.39, 0.29) is 11.3 Å². The highest BCUT2D eigenvalue weighted by atomic mass is 16.5. The number of nitrogens with zero attached hydrogens (tertiary/aromatic N) is 2. The molecule has 1 atom stereocenters. The van der Waals surface area contributed by atoms with Gasteiger partial charge in [0, 0.05) is 30.0 Å². The van der Waals surface area contributed by atoms with Gasteiger partial charge in [-0.25, -0.2) is 0 Å². The van der Waals surface area contributed by atoms with Crippen LogP contribution in [0.15, 0.2) is 78.4 Å². The summed E-state index contributed by atoms with van der Waals surface area (Å²) in [5.41, 5.74) is 3.81. The molecule has 3 aromatic rings. The third kappa shape index (κ3) is 4.39. The number of methoxy groups -OCH3 is 1. The highest BCUT2D eigenvalue weighted by Crippen LogP contribution is 2.43. The number of ketones is 1. The van der Waals surface area contributed by atoms with Crippen molar-refractivity contribution in [1.29, 1.82) is 0 Å². The van der Waals surface area contributed by atoms with Gasteiger partial charge in [-0.05, 0) is 68.3 Å². The molecule has 1 aliphatic heterocycles. The van der Waals surface area contributed by atoms with E-state index in [1.165, 1.54) is 12.0 Å². The number of aliphatic hydroxyl groups is 1. The van der Waals surface area contributed by atoms with Crippen LogP contribution in [0.4, 0.5) is 11.4 Å². The van der Waals surface area contributed by atoms with Crippen LogP contribution in [0.2, 0.25) is 0 Å². The van der Waals surface area contributed by atoms with E-state index in [4.69, 9.17) is 4.74 Å². The average Bonchev–Trinajstić information content (AvgIpc) is 3.15. The minimum atomic E-state index is -0.762. The average molecular weight is 471 g/mol. The number of aliphatic hydroxyl groups excluding tert-OH is 1. The molecule has 4 rings (SSSR count). The predicted octanol–water partition coefficient (Wildman–Crippen LogP) is 5.48. The number of Topliss-reactive ketones (excluding diaryl/α,β-unsaturated/α-hetero) is 1. The van der Waals surface area contributed by atoms with Crippen molar-refractivity contribution in [3.8, 4) is 5.75 Å². The molecule has 1 fully saturated rings. The number of ether oxygens (including phenoxy) is 1. The molecule has 1 heterocycles. The number of aryl methyl sites for hydroxylation is 1. The first-order valence-electron chi connectivity index (χ1n) is 11.8. The van der Waals surface area contributed by atoms with Gasteiger partial charge in [-0.15, -0.1) is 0 Å². The second-order valence-corrected chi connectivity index (χ2v) is 8.45. The van der Waals surface area contributed by atoms with Crippen molar-refractivity contribution >= 4 is 28.8 Å². The second-order valence-electron chi connectivity index (χ2n) is 8.45. The van der Waals surface area contributed by atoms with Gasteiger partial charge in [-0.2, -0.15) is 0 Å². The Morgan fingerprint density at radius 2 is 1.66 bits per heavy atom. The Morgan fingerprint density at radius 3 is 2.29 bits per heavy atom. The topological polar surface area (TPSA) is 70.1 Å². The molecule has 0 bridgehead atoms. The van der Waals surface area contributed by atoms with Gasteiger partial charge < -0.3 is 14.7 Å². The molecular formula is C29H30N2O4. The molecular weight excluding hydrogens is 440 g/mol. The lowest BCUT2D eigenvalue weighted by Crippen LogP contribution is -2.30. The first-order chi connectivity index (χ1) is 16.9. The summed E-state index contributed by atoms with van der Waals surface area (Å²) in [4.78, 5) is 30.5. The molecule has 1 saturated heterocycles. The summed E-state index contributed by atoms with van der Waals surface area (Å²) in [5.74, 6) is -1.06. The normalized spacial score (nSPS) is 17.0. The molecule has 1 N–H and O–H groups in total. The molecule has 6 nitrogen and oxygen atoms in total. The van der Waals surface area contributed by atoms with Crippen molar-refractivity contribution in [1.82, 2.24) is 0 Å². The summed E-state index contributed by atoms with van der Waals surface area (Å²) < 4.78 is 5.29. The standard InChI is InChI=1S/C29H30N2O4/c1-5-30(6-2)21-14-16-22(17-15-21)31-26(24-13-8-7-10-19(24)3)25(28(33)29(31)34)27(32)20-11-9-12-23(18-20)35-4/h7-18,26,32H,5-6H2,1-4H3/b27-25+. The molecule has 6 heteroatoms. The van der Waals surface area contributed by atoms with Gasteiger partial charge in [0.25, 0.3) is 11.7 Å². The number of hydrogen-bond donors (Lipinski definition) is 1. The summed E-state index contributed by atoms with van der Waals surface area (Å²) in [6, 6.07) is 21.3. The van der Waals surface area contributed by atoms with Crippen LogP contribution in [0, 0.1) is 6.92 Å². The summed E-state index contributed by atoms with van der Waals surface area (Å²) in [7, 11) is 1.54. The minimum Gasteiger partial charge on any atom is -0.507 e. The third-order valence-electron chi connectivity index (χ3n) is 6.53. The van der Waals surface area contributed by atoms with Gasteiger partial charge in [0.05, 0.1) is 18.7 Å². The molecule has 0 saturated carbocycles. The maximum Gasteiger partial charge on any atom is 0.300 e. The zero-order valence-corrected chi connectivity index (χ0v) is 20.5. The van der Waals surface area contributed by atoms with Gasteiger partial charge >= 0.3 is 0 Å². The van der Waals surface area contributed by atoms with Crippen LogP contribution in [0.25, 0.3) is 5.76 Å². The van der Waals surface area contributed by atoms with E-state index in [1.807, 2.05) is 55.5 Å². The fourth-order valence-electron chi connectivity index (χ4n) is 4.63. The Hall–Kier alpha value is -4.06. The number of hydrogen-bond acceptors (Lipinski definition) is 5. The van der Waals surface area contributed by atoms with Crippen LogP contribution < -0.4 is 14.5 Å². The fraction of sp³-hybridized carbons (Fsp3) is 0.241. The van der Waals surface area contributed by atoms with Crippen LogP contribution in [0.3, 0.4) is 0 Å². The molecule has 0 aliphatic carbocycles. The first kappa shape index (κ1) is 24.1. The second kappa shape index (κ2) is 10.1. The highest BCUT2D eigenvalue weighted by Gasteiger charge is 2.47. The summed E-state index contributed by atoms with van der Waals surface area (Å²) in [6.45, 7) is 7.85. The third-order valence-corrected chi connectivity index (χ3v) is 6.53. The summed E-state index contributed by atoms with van der Waals surface area (Å²) in [6.07, 6.45) is 0. The Bertz CT molecular complexity index is 1280. The Labute approximate surface area is 206 Å². The van der Waals surface area contributed by atoms with Crippen molar-refractivity contribution in [2.45, 2.75) is 26.8 Å². The van der Waals surface area contributed by atoms with E-state index >= 15 is 0 Å². The number of benzene rings is 3. The maximum absolute atomic E-state index is 13.4. The lowest BCUT2D eigenvalue weighted by molar-refractivity contribution is -0.132. The van der Waals surface area contributed by atoms with Gasteiger partial charge in [-0.3, -0.25) is 14.5 Å². The molecule has 0 radical (unpaired) electrons. The maximum atomic E-state index is 13.4. The molecule has 1 amide bonds. The highest BCUT2D eigenvalue weighted by molar-refractivity contribution is 6.51. The Morgan fingerprint density at radius 1 is 0.971 bits per heavy atom. The molecule has 0 spiro atoms. The quantitative estimate of drug-likeness (QED) is 0.281. The smallest absolute Gasteiger partial charge is 0.300 e. The first-order valence-corrected chi connectivity index (χ1v) is 11.8. The molecule has 3 aromatic carbocycles. The number of amides is 1. The molecule has 180 valence electrons. The van der Waals surface area contributed by atoms with Crippen LogP contribution in [0.5, 0.6) is 5.75 Å². The van der Waals surface area contributed by atoms with E-state index in [1.54, 1.807) is 24.3 Å². The minimum absolute atomic E-state index is 0.0605. The summed E-state index contributed by atoms with van der Waals surface area (Å²) >= 11 is 0. The number of carbonyl (C=O) groups is 2. The van der Waals surface area contributed by atoms with Crippen LogP contribution >= 0.6 is 0 Å². The number of carbonyl (C=O) groups excluding carboxylic acids is 2. The van der Waals surface area contributed by atoms with E-state index in [2.05, 4.69) is 18.7 Å². The van der Waals surface area contributed by atoms with E-state index in [9.17, 15) is 14.7 Å². The summed E-state index contributed by atoms with van der Waals surface area (Å²) in [5, 5.41) is 11.3.